The molecule has 194 valence electrons. The molecule has 0 aromatic heterocycles. The first-order chi connectivity index (χ1) is 17.7. The van der Waals surface area contributed by atoms with Gasteiger partial charge in [-0.05, 0) is 44.9 Å². The third-order valence-electron chi connectivity index (χ3n) is 7.79. The molecule has 0 radical (unpaired) electrons. The molecule has 2 heterocycles. The number of fused-ring (bicyclic) bond motifs is 1. The molecule has 2 atom stereocenters. The van der Waals surface area contributed by atoms with E-state index in [-0.39, 0.29) is 29.5 Å². The normalized spacial score (nSPS) is 23.4. The molecule has 0 saturated carbocycles. The first-order valence-corrected chi connectivity index (χ1v) is 12.6. The molecule has 0 bridgehead atoms. The topological polar surface area (TPSA) is 68.2 Å². The van der Waals surface area contributed by atoms with Crippen LogP contribution in [0.5, 0.6) is 17.2 Å². The van der Waals surface area contributed by atoms with Gasteiger partial charge in [0.05, 0.1) is 18.6 Å². The van der Waals surface area contributed by atoms with Gasteiger partial charge >= 0.3 is 0 Å². The number of morpholine rings is 1. The number of rotatable bonds is 6. The maximum Gasteiger partial charge on any atom is 0.180 e. The van der Waals surface area contributed by atoms with Gasteiger partial charge in [0.2, 0.25) is 0 Å². The van der Waals surface area contributed by atoms with Crippen LogP contribution in [0.15, 0.2) is 60.7 Å². The fourth-order valence-electron chi connectivity index (χ4n) is 5.19. The molecule has 0 aliphatic carbocycles. The maximum atomic E-state index is 14.2. The number of carbonyl (C=O) groups is 1. The van der Waals surface area contributed by atoms with Crippen molar-refractivity contribution in [1.82, 2.24) is 0 Å². The second-order valence-corrected chi connectivity index (χ2v) is 10.2. The highest BCUT2D eigenvalue weighted by molar-refractivity contribution is 6.07. The number of ether oxygens (including phenoxy) is 3. The van der Waals surface area contributed by atoms with Gasteiger partial charge in [-0.1, -0.05) is 36.4 Å². The van der Waals surface area contributed by atoms with Crippen LogP contribution in [0.3, 0.4) is 0 Å². The smallest absolute Gasteiger partial charge is 0.180 e. The highest BCUT2D eigenvalue weighted by atomic mass is 19.1. The minimum atomic E-state index is -1.12. The van der Waals surface area contributed by atoms with Crippen LogP contribution in [0.4, 0.5) is 10.1 Å². The monoisotopic (exact) mass is 505 g/mol. The van der Waals surface area contributed by atoms with Crippen molar-refractivity contribution in [1.29, 1.82) is 0 Å². The molecule has 37 heavy (non-hydrogen) atoms. The Labute approximate surface area is 216 Å². The molecule has 5 rings (SSSR count). The SMILES string of the molecule is Cc1c(F)cccc1OCC1(C)Oc2cc(N3CCOCC3)cc(O)c2C(=O)C1(C)Cc1ccccc1. The zero-order valence-corrected chi connectivity index (χ0v) is 21.4. The van der Waals surface area contributed by atoms with Gasteiger partial charge in [-0.15, -0.1) is 0 Å². The zero-order valence-electron chi connectivity index (χ0n) is 21.4. The molecule has 1 saturated heterocycles. The second kappa shape index (κ2) is 9.71. The van der Waals surface area contributed by atoms with E-state index < -0.39 is 11.0 Å². The molecule has 3 aromatic rings. The lowest BCUT2D eigenvalue weighted by molar-refractivity contribution is -0.0610. The summed E-state index contributed by atoms with van der Waals surface area (Å²) in [6.07, 6.45) is 0.374. The number of anilines is 1. The summed E-state index contributed by atoms with van der Waals surface area (Å²) in [5, 5.41) is 11.0. The maximum absolute atomic E-state index is 14.2. The molecule has 2 aliphatic rings. The largest absolute Gasteiger partial charge is 0.507 e. The third-order valence-corrected chi connectivity index (χ3v) is 7.79. The van der Waals surface area contributed by atoms with Crippen LogP contribution in [-0.2, 0) is 11.2 Å². The molecule has 2 aliphatic heterocycles. The summed E-state index contributed by atoms with van der Waals surface area (Å²) in [4.78, 5) is 16.3. The third kappa shape index (κ3) is 4.53. The van der Waals surface area contributed by atoms with E-state index in [1.54, 1.807) is 25.1 Å². The van der Waals surface area contributed by atoms with Crippen molar-refractivity contribution in [2.24, 2.45) is 5.41 Å². The van der Waals surface area contributed by atoms with E-state index in [9.17, 15) is 14.3 Å². The summed E-state index contributed by atoms with van der Waals surface area (Å²) in [6, 6.07) is 17.8. The molecule has 0 spiro atoms. The molecule has 0 amide bonds. The van der Waals surface area contributed by atoms with Gasteiger partial charge in [0, 0.05) is 36.5 Å². The number of aromatic hydroxyl groups is 1. The summed E-state index contributed by atoms with van der Waals surface area (Å²) >= 11 is 0. The Bertz CT molecular complexity index is 1310. The lowest BCUT2D eigenvalue weighted by Crippen LogP contribution is -2.60. The van der Waals surface area contributed by atoms with E-state index in [1.165, 1.54) is 6.07 Å². The standard InChI is InChI=1S/C30H32FNO5/c1-20-23(31)10-7-11-25(20)36-19-30(3)29(2,18-21-8-5-4-6-9-21)28(34)27-24(33)16-22(17-26(27)37-30)32-12-14-35-15-13-32/h4-11,16-17,33H,12-15,18-19H2,1-3H3. The van der Waals surface area contributed by atoms with Crippen molar-refractivity contribution in [3.05, 3.63) is 83.2 Å². The minimum absolute atomic E-state index is 0.00828. The Morgan fingerprint density at radius 2 is 1.78 bits per heavy atom. The molecule has 1 fully saturated rings. The summed E-state index contributed by atoms with van der Waals surface area (Å²) in [6.45, 7) is 7.90. The Kier molecular flexibility index (Phi) is 6.58. The van der Waals surface area contributed by atoms with Gasteiger partial charge in [0.25, 0.3) is 0 Å². The van der Waals surface area contributed by atoms with Crippen molar-refractivity contribution in [2.45, 2.75) is 32.8 Å². The van der Waals surface area contributed by atoms with Crippen molar-refractivity contribution < 1.29 is 28.5 Å². The van der Waals surface area contributed by atoms with Crippen LogP contribution in [-0.4, -0.2) is 49.4 Å². The van der Waals surface area contributed by atoms with Gasteiger partial charge in [-0.3, -0.25) is 4.79 Å². The first kappa shape index (κ1) is 25.1. The number of Topliss-reactive ketones (excluding diaryl/α,β-unsaturated/α-hetero) is 1. The Morgan fingerprint density at radius 1 is 1.05 bits per heavy atom. The van der Waals surface area contributed by atoms with Crippen molar-refractivity contribution in [3.63, 3.8) is 0 Å². The number of phenols is 1. The van der Waals surface area contributed by atoms with Crippen LogP contribution >= 0.6 is 0 Å². The molecular formula is C30H32FNO5. The number of carbonyl (C=O) groups excluding carboxylic acids is 1. The van der Waals surface area contributed by atoms with E-state index in [4.69, 9.17) is 14.2 Å². The fourth-order valence-corrected chi connectivity index (χ4v) is 5.19. The lowest BCUT2D eigenvalue weighted by atomic mass is 9.64. The number of hydrogen-bond acceptors (Lipinski definition) is 6. The van der Waals surface area contributed by atoms with Gasteiger partial charge in [0.1, 0.15) is 35.2 Å². The predicted molar refractivity (Wildman–Crippen MR) is 139 cm³/mol. The predicted octanol–water partition coefficient (Wildman–Crippen LogP) is 5.34. The van der Waals surface area contributed by atoms with E-state index >= 15 is 0 Å². The zero-order chi connectivity index (χ0) is 26.2. The quantitative estimate of drug-likeness (QED) is 0.488. The van der Waals surface area contributed by atoms with Crippen LogP contribution in [0.2, 0.25) is 0 Å². The molecule has 3 aromatic carbocycles. The average Bonchev–Trinajstić information content (AvgIpc) is 2.89. The highest BCUT2D eigenvalue weighted by Crippen LogP contribution is 2.51. The van der Waals surface area contributed by atoms with E-state index in [2.05, 4.69) is 4.90 Å². The van der Waals surface area contributed by atoms with Gasteiger partial charge in [-0.2, -0.15) is 0 Å². The van der Waals surface area contributed by atoms with Crippen LogP contribution in [0.25, 0.3) is 0 Å². The Balaban J connectivity index is 1.56. The van der Waals surface area contributed by atoms with E-state index in [0.717, 1.165) is 11.3 Å². The molecule has 6 nitrogen and oxygen atoms in total. The van der Waals surface area contributed by atoms with E-state index in [0.29, 0.717) is 49.8 Å². The molecule has 1 N–H and O–H groups in total. The number of ketones is 1. The van der Waals surface area contributed by atoms with Crippen LogP contribution < -0.4 is 14.4 Å². The average molecular weight is 506 g/mol. The van der Waals surface area contributed by atoms with Gasteiger partial charge in [0.15, 0.2) is 11.4 Å². The van der Waals surface area contributed by atoms with Gasteiger partial charge < -0.3 is 24.2 Å². The summed E-state index contributed by atoms with van der Waals surface area (Å²) in [5.74, 6) is 0.0350. The number of hydrogen-bond donors (Lipinski definition) is 1. The number of phenolic OH excluding ortho intramolecular Hbond substituents is 1. The molecule has 7 heteroatoms. The summed E-state index contributed by atoms with van der Waals surface area (Å²) in [5.41, 5.74) is 0.0919. The summed E-state index contributed by atoms with van der Waals surface area (Å²) in [7, 11) is 0. The fraction of sp³-hybridized carbons (Fsp3) is 0.367. The van der Waals surface area contributed by atoms with Crippen molar-refractivity contribution >= 4 is 11.5 Å². The van der Waals surface area contributed by atoms with Crippen molar-refractivity contribution in [2.75, 3.05) is 37.8 Å². The molecule has 2 unspecified atom stereocenters. The Morgan fingerprint density at radius 3 is 2.51 bits per heavy atom. The molecular weight excluding hydrogens is 473 g/mol. The number of halogens is 1. The number of benzene rings is 3. The van der Waals surface area contributed by atoms with Crippen LogP contribution in [0, 0.1) is 18.2 Å². The van der Waals surface area contributed by atoms with E-state index in [1.807, 2.05) is 50.2 Å². The summed E-state index contributed by atoms with van der Waals surface area (Å²) < 4.78 is 32.4. The minimum Gasteiger partial charge on any atom is -0.507 e. The Hall–Kier alpha value is -3.58. The van der Waals surface area contributed by atoms with Crippen molar-refractivity contribution in [3.8, 4) is 17.2 Å². The first-order valence-electron chi connectivity index (χ1n) is 12.6. The van der Waals surface area contributed by atoms with Crippen LogP contribution in [0.1, 0.15) is 35.3 Å². The van der Waals surface area contributed by atoms with Gasteiger partial charge in [-0.25, -0.2) is 4.39 Å². The number of nitrogens with zero attached hydrogens (tertiary/aromatic N) is 1. The second-order valence-electron chi connectivity index (χ2n) is 10.2. The highest BCUT2D eigenvalue weighted by Gasteiger charge is 2.57. The lowest BCUT2D eigenvalue weighted by Gasteiger charge is -2.48.